The van der Waals surface area contributed by atoms with Crippen LogP contribution in [-0.2, 0) is 0 Å². The van der Waals surface area contributed by atoms with Crippen LogP contribution in [0, 0.1) is 9.39 Å². The molecule has 6 heteroatoms. The van der Waals surface area contributed by atoms with E-state index in [1.807, 2.05) is 28.8 Å². The molecule has 0 aliphatic heterocycles. The van der Waals surface area contributed by atoms with Crippen molar-refractivity contribution in [3.8, 4) is 5.69 Å². The van der Waals surface area contributed by atoms with Gasteiger partial charge in [-0.1, -0.05) is 16.8 Å². The van der Waals surface area contributed by atoms with Gasteiger partial charge in [-0.15, -0.1) is 5.10 Å². The molecule has 0 N–H and O–H groups in total. The first-order valence-corrected chi connectivity index (χ1v) is 6.68. The average Bonchev–Trinajstić information content (AvgIpc) is 3.06. The van der Waals surface area contributed by atoms with Gasteiger partial charge in [-0.3, -0.25) is 0 Å². The highest BCUT2D eigenvalue weighted by atomic mass is 127. The minimum Gasteiger partial charge on any atom is -0.219 e. The van der Waals surface area contributed by atoms with Crippen molar-refractivity contribution in [3.05, 3.63) is 38.4 Å². The molecule has 1 aliphatic rings. The summed E-state index contributed by atoms with van der Waals surface area (Å²) in [4.78, 5) is 0. The van der Waals surface area contributed by atoms with Crippen LogP contribution in [0.1, 0.15) is 24.5 Å². The predicted octanol–water partition coefficient (Wildman–Crippen LogP) is 3.54. The molecule has 1 aromatic heterocycles. The SMILES string of the molecule is Fc1c(Cl)ccc(-n2cc(C3CC3)nn2)c1I. The Morgan fingerprint density at radius 2 is 2.18 bits per heavy atom. The second kappa shape index (κ2) is 4.20. The lowest BCUT2D eigenvalue weighted by atomic mass is 10.3. The number of aromatic nitrogens is 3. The van der Waals surface area contributed by atoms with E-state index in [1.165, 1.54) is 18.9 Å². The molecule has 1 aromatic carbocycles. The molecule has 3 rings (SSSR count). The zero-order valence-electron chi connectivity index (χ0n) is 8.70. The van der Waals surface area contributed by atoms with Crippen molar-refractivity contribution in [2.45, 2.75) is 18.8 Å². The highest BCUT2D eigenvalue weighted by molar-refractivity contribution is 14.1. The van der Waals surface area contributed by atoms with Gasteiger partial charge < -0.3 is 0 Å². The molecule has 0 saturated heterocycles. The lowest BCUT2D eigenvalue weighted by Gasteiger charge is -2.05. The Hall–Kier alpha value is -0.690. The molecular weight excluding hydrogens is 355 g/mol. The van der Waals surface area contributed by atoms with Gasteiger partial charge in [0.15, 0.2) is 5.82 Å². The summed E-state index contributed by atoms with van der Waals surface area (Å²) in [5.74, 6) is 0.131. The van der Waals surface area contributed by atoms with Gasteiger partial charge in [0.2, 0.25) is 0 Å². The van der Waals surface area contributed by atoms with E-state index in [-0.39, 0.29) is 5.02 Å². The minimum atomic E-state index is -0.409. The van der Waals surface area contributed by atoms with E-state index in [2.05, 4.69) is 10.3 Å². The Bertz CT molecular complexity index is 580. The van der Waals surface area contributed by atoms with Crippen molar-refractivity contribution >= 4 is 34.2 Å². The molecule has 88 valence electrons. The first kappa shape index (κ1) is 11.4. The van der Waals surface area contributed by atoms with Gasteiger partial charge in [0.1, 0.15) is 0 Å². The molecule has 1 saturated carbocycles. The number of nitrogens with zero attached hydrogens (tertiary/aromatic N) is 3. The van der Waals surface area contributed by atoms with E-state index < -0.39 is 5.82 Å². The quantitative estimate of drug-likeness (QED) is 0.603. The number of rotatable bonds is 2. The second-order valence-corrected chi connectivity index (χ2v) is 5.54. The lowest BCUT2D eigenvalue weighted by Crippen LogP contribution is -2.00. The van der Waals surface area contributed by atoms with E-state index in [1.54, 1.807) is 10.7 Å². The van der Waals surface area contributed by atoms with Gasteiger partial charge in [-0.2, -0.15) is 0 Å². The van der Waals surface area contributed by atoms with E-state index in [4.69, 9.17) is 11.6 Å². The highest BCUT2D eigenvalue weighted by Gasteiger charge is 2.27. The average molecular weight is 364 g/mol. The van der Waals surface area contributed by atoms with Gasteiger partial charge >= 0.3 is 0 Å². The summed E-state index contributed by atoms with van der Waals surface area (Å²) in [5.41, 5.74) is 1.66. The maximum atomic E-state index is 13.7. The van der Waals surface area contributed by atoms with E-state index in [0.717, 1.165) is 5.69 Å². The third-order valence-electron chi connectivity index (χ3n) is 2.77. The third kappa shape index (κ3) is 2.06. The summed E-state index contributed by atoms with van der Waals surface area (Å²) >= 11 is 7.64. The first-order chi connectivity index (χ1) is 8.16. The molecule has 0 unspecified atom stereocenters. The zero-order chi connectivity index (χ0) is 12.0. The number of hydrogen-bond acceptors (Lipinski definition) is 2. The van der Waals surface area contributed by atoms with Gasteiger partial charge in [-0.05, 0) is 47.6 Å². The molecule has 1 heterocycles. The summed E-state index contributed by atoms with van der Waals surface area (Å²) < 4.78 is 15.7. The van der Waals surface area contributed by atoms with Crippen molar-refractivity contribution in [1.82, 2.24) is 15.0 Å². The van der Waals surface area contributed by atoms with Crippen LogP contribution in [0.25, 0.3) is 5.69 Å². The second-order valence-electron chi connectivity index (χ2n) is 4.06. The fourth-order valence-electron chi connectivity index (χ4n) is 1.65. The maximum absolute atomic E-state index is 13.7. The largest absolute Gasteiger partial charge is 0.219 e. The number of hydrogen-bond donors (Lipinski definition) is 0. The summed E-state index contributed by atoms with van der Waals surface area (Å²) in [7, 11) is 0. The molecule has 1 aliphatic carbocycles. The highest BCUT2D eigenvalue weighted by Crippen LogP contribution is 2.39. The van der Waals surface area contributed by atoms with Gasteiger partial charge in [0, 0.05) is 5.92 Å². The molecular formula is C11H8ClFIN3. The fraction of sp³-hybridized carbons (Fsp3) is 0.273. The Kier molecular flexibility index (Phi) is 2.82. The molecule has 17 heavy (non-hydrogen) atoms. The van der Waals surface area contributed by atoms with Crippen molar-refractivity contribution in [2.24, 2.45) is 0 Å². The van der Waals surface area contributed by atoms with E-state index >= 15 is 0 Å². The Morgan fingerprint density at radius 1 is 1.41 bits per heavy atom. The molecule has 3 nitrogen and oxygen atoms in total. The summed E-state index contributed by atoms with van der Waals surface area (Å²) in [6, 6.07) is 3.28. The van der Waals surface area contributed by atoms with Crippen molar-refractivity contribution < 1.29 is 4.39 Å². The molecule has 0 spiro atoms. The van der Waals surface area contributed by atoms with Crippen molar-refractivity contribution in [2.75, 3.05) is 0 Å². The van der Waals surface area contributed by atoms with Crippen LogP contribution in [0.15, 0.2) is 18.3 Å². The van der Waals surface area contributed by atoms with Crippen molar-refractivity contribution in [3.63, 3.8) is 0 Å². The molecule has 0 atom stereocenters. The maximum Gasteiger partial charge on any atom is 0.157 e. The van der Waals surface area contributed by atoms with Crippen molar-refractivity contribution in [1.29, 1.82) is 0 Å². The molecule has 2 aromatic rings. The van der Waals surface area contributed by atoms with Crippen LogP contribution < -0.4 is 0 Å². The van der Waals surface area contributed by atoms with E-state index in [0.29, 0.717) is 15.2 Å². The number of benzene rings is 1. The van der Waals surface area contributed by atoms with Gasteiger partial charge in [-0.25, -0.2) is 9.07 Å². The summed E-state index contributed by atoms with van der Waals surface area (Å²) in [6.45, 7) is 0. The van der Waals surface area contributed by atoms with Crippen LogP contribution in [0.4, 0.5) is 4.39 Å². The Morgan fingerprint density at radius 3 is 2.88 bits per heavy atom. The number of halogens is 3. The summed E-state index contributed by atoms with van der Waals surface area (Å²) in [5, 5.41) is 8.26. The molecule has 0 amide bonds. The van der Waals surface area contributed by atoms with Crippen LogP contribution >= 0.6 is 34.2 Å². The smallest absolute Gasteiger partial charge is 0.157 e. The Balaban J connectivity index is 2.05. The Labute approximate surface area is 116 Å². The third-order valence-corrected chi connectivity index (χ3v) is 4.09. The van der Waals surface area contributed by atoms with Crippen LogP contribution in [0.5, 0.6) is 0 Å². The summed E-state index contributed by atoms with van der Waals surface area (Å²) in [6.07, 6.45) is 4.21. The normalized spacial score (nSPS) is 15.2. The minimum absolute atomic E-state index is 0.126. The van der Waals surface area contributed by atoms with Crippen LogP contribution in [0.3, 0.4) is 0 Å². The molecule has 0 radical (unpaired) electrons. The van der Waals surface area contributed by atoms with Gasteiger partial charge in [0.25, 0.3) is 0 Å². The topological polar surface area (TPSA) is 30.7 Å². The van der Waals surface area contributed by atoms with E-state index in [9.17, 15) is 4.39 Å². The molecule has 0 bridgehead atoms. The van der Waals surface area contributed by atoms with Crippen LogP contribution in [-0.4, -0.2) is 15.0 Å². The zero-order valence-corrected chi connectivity index (χ0v) is 11.6. The molecule has 1 fully saturated rings. The fourth-order valence-corrected chi connectivity index (χ4v) is 2.69. The lowest BCUT2D eigenvalue weighted by molar-refractivity contribution is 0.617. The first-order valence-electron chi connectivity index (χ1n) is 5.23. The standard InChI is InChI=1S/C11H8ClFIN3/c12-7-3-4-9(11(14)10(7)13)17-5-8(15-16-17)6-1-2-6/h3-6H,1-2H2. The van der Waals surface area contributed by atoms with Gasteiger partial charge in [0.05, 0.1) is 26.2 Å². The predicted molar refractivity (Wildman–Crippen MR) is 71.0 cm³/mol. The van der Waals surface area contributed by atoms with Crippen LogP contribution in [0.2, 0.25) is 5.02 Å². The monoisotopic (exact) mass is 363 g/mol.